The van der Waals surface area contributed by atoms with E-state index >= 15 is 0 Å². The minimum atomic E-state index is -0.693. The third-order valence-corrected chi connectivity index (χ3v) is 5.15. The lowest BCUT2D eigenvalue weighted by molar-refractivity contribution is -0.121. The third kappa shape index (κ3) is 5.25. The van der Waals surface area contributed by atoms with Crippen LogP contribution >= 0.6 is 11.6 Å². The third-order valence-electron chi connectivity index (χ3n) is 4.86. The van der Waals surface area contributed by atoms with E-state index in [-0.39, 0.29) is 29.0 Å². The van der Waals surface area contributed by atoms with Gasteiger partial charge in [0, 0.05) is 30.2 Å². The van der Waals surface area contributed by atoms with Crippen molar-refractivity contribution in [2.45, 2.75) is 25.9 Å². The fourth-order valence-electron chi connectivity index (χ4n) is 3.35. The van der Waals surface area contributed by atoms with Gasteiger partial charge in [0.1, 0.15) is 17.4 Å². The lowest BCUT2D eigenvalue weighted by atomic mass is 10.1. The van der Waals surface area contributed by atoms with Gasteiger partial charge in [0.2, 0.25) is 5.91 Å². The van der Waals surface area contributed by atoms with Gasteiger partial charge in [-0.05, 0) is 43.3 Å². The van der Waals surface area contributed by atoms with Crippen molar-refractivity contribution in [3.63, 3.8) is 0 Å². The van der Waals surface area contributed by atoms with Gasteiger partial charge in [-0.2, -0.15) is 15.5 Å². The molecule has 0 fully saturated rings. The summed E-state index contributed by atoms with van der Waals surface area (Å²) in [5.74, 6) is -0.853. The van der Waals surface area contributed by atoms with E-state index in [1.165, 1.54) is 12.1 Å². The number of carbonyl (C=O) groups is 1. The normalized spacial score (nSPS) is 11.7. The number of amides is 1. The molecule has 0 unspecified atom stereocenters. The molecular weight excluding hydrogens is 445 g/mol. The van der Waals surface area contributed by atoms with Gasteiger partial charge in [0.05, 0.1) is 41.3 Å². The highest BCUT2D eigenvalue weighted by Gasteiger charge is 2.14. The summed E-state index contributed by atoms with van der Waals surface area (Å²) in [5.41, 5.74) is 2.25. The molecule has 1 aromatic carbocycles. The Labute approximate surface area is 194 Å². The molecule has 8 nitrogen and oxygen atoms in total. The molecule has 0 aliphatic carbocycles. The average Bonchev–Trinajstić information content (AvgIpc) is 3.44. The lowest BCUT2D eigenvalue weighted by Gasteiger charge is -2.13. The molecule has 0 radical (unpaired) electrons. The smallest absolute Gasteiger partial charge is 0.226 e. The Morgan fingerprint density at radius 3 is 2.85 bits per heavy atom. The van der Waals surface area contributed by atoms with Crippen molar-refractivity contribution in [2.24, 2.45) is 0 Å². The van der Waals surface area contributed by atoms with Gasteiger partial charge >= 0.3 is 0 Å². The molecule has 3 aromatic heterocycles. The van der Waals surface area contributed by atoms with E-state index in [0.29, 0.717) is 23.5 Å². The van der Waals surface area contributed by atoms with Gasteiger partial charge in [-0.15, -0.1) is 0 Å². The first-order chi connectivity index (χ1) is 15.9. The molecule has 1 atom stereocenters. The quantitative estimate of drug-likeness (QED) is 0.451. The van der Waals surface area contributed by atoms with Crippen molar-refractivity contribution in [1.82, 2.24) is 29.9 Å². The van der Waals surface area contributed by atoms with E-state index in [4.69, 9.17) is 16.9 Å². The summed E-state index contributed by atoms with van der Waals surface area (Å²) in [5, 5.41) is 20.7. The number of rotatable bonds is 7. The van der Waals surface area contributed by atoms with E-state index in [0.717, 1.165) is 5.69 Å². The first-order valence-electron chi connectivity index (χ1n) is 10.1. The molecule has 1 N–H and O–H groups in total. The van der Waals surface area contributed by atoms with E-state index < -0.39 is 5.82 Å². The maximum Gasteiger partial charge on any atom is 0.226 e. The van der Waals surface area contributed by atoms with Crippen LogP contribution in [0.1, 0.15) is 18.2 Å². The number of nitriles is 1. The zero-order chi connectivity index (χ0) is 23.4. The summed E-state index contributed by atoms with van der Waals surface area (Å²) in [7, 11) is 0. The maximum absolute atomic E-state index is 14.0. The summed E-state index contributed by atoms with van der Waals surface area (Å²) in [6, 6.07) is 11.5. The second-order valence-electron chi connectivity index (χ2n) is 7.46. The molecule has 10 heteroatoms. The number of aromatic nitrogens is 5. The van der Waals surface area contributed by atoms with Crippen LogP contribution in [-0.2, 0) is 17.8 Å². The number of nitrogens with one attached hydrogen (secondary N) is 1. The number of hydrogen-bond acceptors (Lipinski definition) is 5. The van der Waals surface area contributed by atoms with Gasteiger partial charge in [-0.25, -0.2) is 9.07 Å². The zero-order valence-electron chi connectivity index (χ0n) is 17.6. The van der Waals surface area contributed by atoms with Crippen molar-refractivity contribution >= 4 is 17.5 Å². The number of halogens is 2. The van der Waals surface area contributed by atoms with Gasteiger partial charge in [0.25, 0.3) is 0 Å². The molecule has 0 spiro atoms. The van der Waals surface area contributed by atoms with Crippen LogP contribution in [0.25, 0.3) is 16.9 Å². The Kier molecular flexibility index (Phi) is 6.47. The maximum atomic E-state index is 14.0. The monoisotopic (exact) mass is 463 g/mol. The van der Waals surface area contributed by atoms with Crippen LogP contribution in [0.3, 0.4) is 0 Å². The highest BCUT2D eigenvalue weighted by molar-refractivity contribution is 6.32. The fourth-order valence-corrected chi connectivity index (χ4v) is 3.60. The van der Waals surface area contributed by atoms with Crippen molar-refractivity contribution < 1.29 is 9.18 Å². The number of carbonyl (C=O) groups excluding carboxylic acids is 1. The first-order valence-corrected chi connectivity index (χ1v) is 10.5. The van der Waals surface area contributed by atoms with Gasteiger partial charge in [-0.1, -0.05) is 11.6 Å². The van der Waals surface area contributed by atoms with Crippen LogP contribution in [0.2, 0.25) is 5.02 Å². The SMILES string of the molecule is C[C@@H](Cn1ccc(-c2cc(F)c(C#N)c(Cl)c2)n1)NC(=O)Cc1ccn(-c2cccnc2)n1. The van der Waals surface area contributed by atoms with E-state index in [1.807, 2.05) is 19.1 Å². The second kappa shape index (κ2) is 9.63. The molecule has 0 aliphatic heterocycles. The topological polar surface area (TPSA) is 101 Å². The lowest BCUT2D eigenvalue weighted by Crippen LogP contribution is -2.36. The Bertz CT molecular complexity index is 1300. The first kappa shape index (κ1) is 22.2. The molecule has 4 rings (SSSR count). The van der Waals surface area contributed by atoms with Crippen molar-refractivity contribution in [3.05, 3.63) is 83.3 Å². The molecule has 0 aliphatic rings. The molecule has 0 saturated carbocycles. The van der Waals surface area contributed by atoms with Crippen LogP contribution in [0, 0.1) is 17.1 Å². The van der Waals surface area contributed by atoms with Crippen LogP contribution in [0.15, 0.2) is 61.2 Å². The Hall–Kier alpha value is -4.03. The number of pyridine rings is 1. The van der Waals surface area contributed by atoms with Crippen molar-refractivity contribution in [2.75, 3.05) is 0 Å². The molecule has 4 aromatic rings. The zero-order valence-corrected chi connectivity index (χ0v) is 18.4. The number of benzene rings is 1. The van der Waals surface area contributed by atoms with Crippen LogP contribution in [0.4, 0.5) is 4.39 Å². The molecular formula is C23H19ClFN7O. The summed E-state index contributed by atoms with van der Waals surface area (Å²) < 4.78 is 17.4. The van der Waals surface area contributed by atoms with Gasteiger partial charge < -0.3 is 5.32 Å². The minimum absolute atomic E-state index is 0.0358. The highest BCUT2D eigenvalue weighted by atomic mass is 35.5. The van der Waals surface area contributed by atoms with E-state index in [1.54, 1.807) is 52.4 Å². The summed E-state index contributed by atoms with van der Waals surface area (Å²) in [6.07, 6.45) is 7.04. The Morgan fingerprint density at radius 2 is 2.12 bits per heavy atom. The molecule has 3 heterocycles. The molecule has 0 saturated heterocycles. The number of nitrogens with zero attached hydrogens (tertiary/aromatic N) is 6. The predicted octanol–water partition coefficient (Wildman–Crippen LogP) is 3.54. The minimum Gasteiger partial charge on any atom is -0.351 e. The second-order valence-corrected chi connectivity index (χ2v) is 7.87. The molecule has 1 amide bonds. The molecule has 33 heavy (non-hydrogen) atoms. The standard InChI is InChI=1S/C23H19ClFN7O/c1-15(28-23(33)11-17-4-8-32(29-17)18-3-2-6-27-13-18)14-31-7-5-22(30-31)16-9-20(24)19(12-26)21(25)10-16/h2-10,13,15H,11,14H2,1H3,(H,28,33)/t15-/m0/s1. The summed E-state index contributed by atoms with van der Waals surface area (Å²) in [6.45, 7) is 2.29. The van der Waals surface area contributed by atoms with E-state index in [2.05, 4.69) is 20.5 Å². The Balaban J connectivity index is 1.35. The van der Waals surface area contributed by atoms with Crippen molar-refractivity contribution in [3.8, 4) is 23.0 Å². The Morgan fingerprint density at radius 1 is 1.27 bits per heavy atom. The predicted molar refractivity (Wildman–Crippen MR) is 120 cm³/mol. The van der Waals surface area contributed by atoms with Crippen molar-refractivity contribution in [1.29, 1.82) is 5.26 Å². The summed E-state index contributed by atoms with van der Waals surface area (Å²) in [4.78, 5) is 16.5. The van der Waals surface area contributed by atoms with Crippen LogP contribution in [0.5, 0.6) is 0 Å². The van der Waals surface area contributed by atoms with Crippen LogP contribution < -0.4 is 5.32 Å². The molecule has 0 bridgehead atoms. The fraction of sp³-hybridized carbons (Fsp3) is 0.174. The highest BCUT2D eigenvalue weighted by Crippen LogP contribution is 2.26. The van der Waals surface area contributed by atoms with Gasteiger partial charge in [-0.3, -0.25) is 14.5 Å². The van der Waals surface area contributed by atoms with Crippen LogP contribution in [-0.4, -0.2) is 36.5 Å². The largest absolute Gasteiger partial charge is 0.351 e. The number of hydrogen-bond donors (Lipinski definition) is 1. The van der Waals surface area contributed by atoms with E-state index in [9.17, 15) is 9.18 Å². The average molecular weight is 464 g/mol. The van der Waals surface area contributed by atoms with Gasteiger partial charge in [0.15, 0.2) is 0 Å². The summed E-state index contributed by atoms with van der Waals surface area (Å²) >= 11 is 5.98. The molecule has 166 valence electrons.